The van der Waals surface area contributed by atoms with E-state index in [0.29, 0.717) is 6.54 Å². The summed E-state index contributed by atoms with van der Waals surface area (Å²) in [7, 11) is 0. The van der Waals surface area contributed by atoms with E-state index in [1.54, 1.807) is 4.90 Å². The Bertz CT molecular complexity index is 651. The maximum absolute atomic E-state index is 12.3. The minimum atomic E-state index is -0.0754. The lowest BCUT2D eigenvalue weighted by molar-refractivity contribution is -0.116. The number of carbonyl (C=O) groups is 1. The molecule has 0 N–H and O–H groups in total. The summed E-state index contributed by atoms with van der Waals surface area (Å²) in [6.07, 6.45) is 0. The lowest BCUT2D eigenvalue weighted by Gasteiger charge is -2.25. The Kier molecular flexibility index (Phi) is 5.03. The first-order chi connectivity index (χ1) is 10.0. The first-order valence-corrected chi connectivity index (χ1v) is 7.55. The van der Waals surface area contributed by atoms with E-state index in [0.717, 1.165) is 16.8 Å². The van der Waals surface area contributed by atoms with Gasteiger partial charge in [0.2, 0.25) is 5.91 Å². The summed E-state index contributed by atoms with van der Waals surface area (Å²) in [5.74, 6) is -0.0900. The van der Waals surface area contributed by atoms with Gasteiger partial charge in [0.1, 0.15) is 5.88 Å². The average Bonchev–Trinajstić information content (AvgIpc) is 2.49. The van der Waals surface area contributed by atoms with Crippen molar-refractivity contribution in [1.29, 1.82) is 0 Å². The topological polar surface area (TPSA) is 20.3 Å². The van der Waals surface area contributed by atoms with Crippen LogP contribution in [0.4, 0.5) is 5.69 Å². The monoisotopic (exact) mass is 301 g/mol. The molecule has 2 rings (SSSR count). The SMILES string of the molecule is Cc1ccccc1CN(C(=O)CCl)c1cccc(C)c1C. The first-order valence-electron chi connectivity index (χ1n) is 7.01. The van der Waals surface area contributed by atoms with Crippen molar-refractivity contribution in [2.75, 3.05) is 10.8 Å². The van der Waals surface area contributed by atoms with Crippen LogP contribution in [0.1, 0.15) is 22.3 Å². The van der Waals surface area contributed by atoms with E-state index < -0.39 is 0 Å². The van der Waals surface area contributed by atoms with Gasteiger partial charge in [-0.1, -0.05) is 36.4 Å². The Morgan fingerprint density at radius 3 is 2.33 bits per heavy atom. The molecular weight excluding hydrogens is 282 g/mol. The van der Waals surface area contributed by atoms with Crippen LogP contribution in [0.2, 0.25) is 0 Å². The molecule has 0 aliphatic carbocycles. The van der Waals surface area contributed by atoms with Crippen molar-refractivity contribution in [3.63, 3.8) is 0 Å². The highest BCUT2D eigenvalue weighted by atomic mass is 35.5. The number of carbonyl (C=O) groups excluding carboxylic acids is 1. The third kappa shape index (κ3) is 3.45. The van der Waals surface area contributed by atoms with Crippen molar-refractivity contribution in [3.8, 4) is 0 Å². The van der Waals surface area contributed by atoms with Gasteiger partial charge >= 0.3 is 0 Å². The quantitative estimate of drug-likeness (QED) is 0.767. The molecule has 0 saturated carbocycles. The summed E-state index contributed by atoms with van der Waals surface area (Å²) in [5, 5.41) is 0. The summed E-state index contributed by atoms with van der Waals surface area (Å²) in [6.45, 7) is 6.69. The van der Waals surface area contributed by atoms with Gasteiger partial charge in [-0.3, -0.25) is 4.79 Å². The van der Waals surface area contributed by atoms with E-state index in [4.69, 9.17) is 11.6 Å². The van der Waals surface area contributed by atoms with Crippen LogP contribution >= 0.6 is 11.6 Å². The Morgan fingerprint density at radius 1 is 1.00 bits per heavy atom. The van der Waals surface area contributed by atoms with Crippen molar-refractivity contribution in [1.82, 2.24) is 0 Å². The van der Waals surface area contributed by atoms with E-state index in [1.807, 2.05) is 31.2 Å². The van der Waals surface area contributed by atoms with E-state index in [9.17, 15) is 4.79 Å². The van der Waals surface area contributed by atoms with E-state index in [-0.39, 0.29) is 11.8 Å². The van der Waals surface area contributed by atoms with Gasteiger partial charge in [-0.25, -0.2) is 0 Å². The Hall–Kier alpha value is -1.80. The molecule has 0 aromatic heterocycles. The first kappa shape index (κ1) is 15.6. The fraction of sp³-hybridized carbons (Fsp3) is 0.278. The number of halogens is 1. The van der Waals surface area contributed by atoms with Crippen LogP contribution < -0.4 is 4.90 Å². The molecule has 0 bridgehead atoms. The van der Waals surface area contributed by atoms with Crippen LogP contribution in [-0.4, -0.2) is 11.8 Å². The van der Waals surface area contributed by atoms with Gasteiger partial charge < -0.3 is 4.90 Å². The molecule has 2 nitrogen and oxygen atoms in total. The number of aryl methyl sites for hydroxylation is 2. The standard InChI is InChI=1S/C18H20ClNO/c1-13-8-6-10-17(15(13)3)20(18(21)11-19)12-16-9-5-4-7-14(16)2/h4-10H,11-12H2,1-3H3. The number of anilines is 1. The molecule has 2 aromatic rings. The van der Waals surface area contributed by atoms with Crippen LogP contribution in [-0.2, 0) is 11.3 Å². The summed E-state index contributed by atoms with van der Waals surface area (Å²) in [4.78, 5) is 14.1. The van der Waals surface area contributed by atoms with Crippen molar-refractivity contribution in [2.45, 2.75) is 27.3 Å². The number of alkyl halides is 1. The zero-order chi connectivity index (χ0) is 15.4. The molecule has 0 aliphatic heterocycles. The summed E-state index contributed by atoms with van der Waals surface area (Å²) in [6, 6.07) is 14.1. The summed E-state index contributed by atoms with van der Waals surface area (Å²) < 4.78 is 0. The summed E-state index contributed by atoms with van der Waals surface area (Å²) in [5.41, 5.74) is 5.53. The maximum Gasteiger partial charge on any atom is 0.242 e. The molecular formula is C18H20ClNO. The Morgan fingerprint density at radius 2 is 1.67 bits per heavy atom. The van der Waals surface area contributed by atoms with Crippen molar-refractivity contribution in [3.05, 3.63) is 64.7 Å². The lowest BCUT2D eigenvalue weighted by atomic mass is 10.0. The molecule has 0 fully saturated rings. The van der Waals surface area contributed by atoms with E-state index in [2.05, 4.69) is 32.0 Å². The van der Waals surface area contributed by atoms with E-state index >= 15 is 0 Å². The van der Waals surface area contributed by atoms with Gasteiger partial charge in [-0.15, -0.1) is 11.6 Å². The van der Waals surface area contributed by atoms with Gasteiger partial charge in [-0.05, 0) is 49.1 Å². The molecule has 0 heterocycles. The average molecular weight is 302 g/mol. The van der Waals surface area contributed by atoms with E-state index in [1.165, 1.54) is 11.1 Å². The molecule has 0 unspecified atom stereocenters. The highest BCUT2D eigenvalue weighted by molar-refractivity contribution is 6.29. The molecule has 0 aliphatic rings. The van der Waals surface area contributed by atoms with Crippen molar-refractivity contribution < 1.29 is 4.79 Å². The van der Waals surface area contributed by atoms with Crippen LogP contribution in [0.3, 0.4) is 0 Å². The van der Waals surface area contributed by atoms with Crippen LogP contribution in [0.15, 0.2) is 42.5 Å². The second-order valence-corrected chi connectivity index (χ2v) is 5.53. The molecule has 21 heavy (non-hydrogen) atoms. The highest BCUT2D eigenvalue weighted by Gasteiger charge is 2.18. The van der Waals surface area contributed by atoms with Gasteiger partial charge in [-0.2, -0.15) is 0 Å². The van der Waals surface area contributed by atoms with Crippen LogP contribution in [0.25, 0.3) is 0 Å². The molecule has 0 atom stereocenters. The number of nitrogens with zero attached hydrogens (tertiary/aromatic N) is 1. The smallest absolute Gasteiger partial charge is 0.242 e. The second kappa shape index (κ2) is 6.77. The lowest BCUT2D eigenvalue weighted by Crippen LogP contribution is -2.32. The van der Waals surface area contributed by atoms with Gasteiger partial charge in [0.25, 0.3) is 0 Å². The molecule has 0 radical (unpaired) electrons. The third-order valence-electron chi connectivity index (χ3n) is 3.87. The van der Waals surface area contributed by atoms with Gasteiger partial charge in [0.15, 0.2) is 0 Å². The van der Waals surface area contributed by atoms with Crippen molar-refractivity contribution >= 4 is 23.2 Å². The predicted octanol–water partition coefficient (Wildman–Crippen LogP) is 4.38. The minimum Gasteiger partial charge on any atom is -0.307 e. The zero-order valence-electron chi connectivity index (χ0n) is 12.7. The van der Waals surface area contributed by atoms with Crippen LogP contribution in [0.5, 0.6) is 0 Å². The summed E-state index contributed by atoms with van der Waals surface area (Å²) >= 11 is 5.80. The van der Waals surface area contributed by atoms with Gasteiger partial charge in [0, 0.05) is 5.69 Å². The molecule has 0 saturated heterocycles. The Labute approximate surface area is 131 Å². The fourth-order valence-corrected chi connectivity index (χ4v) is 2.51. The Balaban J connectivity index is 2.42. The number of hydrogen-bond donors (Lipinski definition) is 0. The number of rotatable bonds is 4. The molecule has 0 spiro atoms. The number of amides is 1. The normalized spacial score (nSPS) is 10.5. The minimum absolute atomic E-state index is 0.0146. The highest BCUT2D eigenvalue weighted by Crippen LogP contribution is 2.25. The molecule has 1 amide bonds. The fourth-order valence-electron chi connectivity index (χ4n) is 2.37. The molecule has 2 aromatic carbocycles. The predicted molar refractivity (Wildman–Crippen MR) is 89.0 cm³/mol. The maximum atomic E-state index is 12.3. The largest absolute Gasteiger partial charge is 0.307 e. The number of benzene rings is 2. The second-order valence-electron chi connectivity index (χ2n) is 5.26. The van der Waals surface area contributed by atoms with Gasteiger partial charge in [0.05, 0.1) is 6.54 Å². The third-order valence-corrected chi connectivity index (χ3v) is 4.10. The molecule has 3 heteroatoms. The zero-order valence-corrected chi connectivity index (χ0v) is 13.4. The van der Waals surface area contributed by atoms with Crippen molar-refractivity contribution in [2.24, 2.45) is 0 Å². The molecule has 110 valence electrons. The number of hydrogen-bond acceptors (Lipinski definition) is 1. The van der Waals surface area contributed by atoms with Crippen LogP contribution in [0, 0.1) is 20.8 Å².